The lowest BCUT2D eigenvalue weighted by atomic mass is 10.2. The van der Waals surface area contributed by atoms with Gasteiger partial charge in [0.05, 0.1) is 0 Å². The molecule has 2 N–H and O–H groups in total. The average molecular weight is 283 g/mol. The van der Waals surface area contributed by atoms with Gasteiger partial charge in [0.1, 0.15) is 0 Å². The SMILES string of the molecule is CCCNC(CC)CSc1nc(CCC)cc(=O)[nH]1. The smallest absolute Gasteiger partial charge is 0.251 e. The highest BCUT2D eigenvalue weighted by Gasteiger charge is 2.08. The summed E-state index contributed by atoms with van der Waals surface area (Å²) in [7, 11) is 0. The largest absolute Gasteiger partial charge is 0.313 e. The van der Waals surface area contributed by atoms with E-state index in [1.807, 2.05) is 0 Å². The minimum Gasteiger partial charge on any atom is -0.313 e. The number of aromatic amines is 1. The van der Waals surface area contributed by atoms with Crippen LogP contribution in [0.4, 0.5) is 0 Å². The molecule has 4 nitrogen and oxygen atoms in total. The first kappa shape index (κ1) is 16.2. The first-order valence-corrected chi connectivity index (χ1v) is 8.14. The second-order valence-electron chi connectivity index (χ2n) is 4.66. The van der Waals surface area contributed by atoms with Gasteiger partial charge in [0.15, 0.2) is 5.16 Å². The summed E-state index contributed by atoms with van der Waals surface area (Å²) in [5, 5.41) is 4.25. The van der Waals surface area contributed by atoms with Gasteiger partial charge in [-0.2, -0.15) is 0 Å². The molecule has 19 heavy (non-hydrogen) atoms. The van der Waals surface area contributed by atoms with Crippen LogP contribution in [-0.2, 0) is 6.42 Å². The molecule has 0 saturated carbocycles. The highest BCUT2D eigenvalue weighted by Crippen LogP contribution is 2.14. The molecule has 0 amide bonds. The van der Waals surface area contributed by atoms with Crippen LogP contribution in [0, 0.1) is 0 Å². The van der Waals surface area contributed by atoms with Gasteiger partial charge in [-0.05, 0) is 25.8 Å². The second-order valence-corrected chi connectivity index (χ2v) is 5.67. The zero-order chi connectivity index (χ0) is 14.1. The van der Waals surface area contributed by atoms with E-state index >= 15 is 0 Å². The second kappa shape index (κ2) is 9.15. The highest BCUT2D eigenvalue weighted by molar-refractivity contribution is 7.99. The van der Waals surface area contributed by atoms with E-state index in [4.69, 9.17) is 0 Å². The van der Waals surface area contributed by atoms with Crippen molar-refractivity contribution >= 4 is 11.8 Å². The van der Waals surface area contributed by atoms with Crippen molar-refractivity contribution in [1.82, 2.24) is 15.3 Å². The van der Waals surface area contributed by atoms with Crippen LogP contribution in [0.2, 0.25) is 0 Å². The van der Waals surface area contributed by atoms with Gasteiger partial charge in [0.25, 0.3) is 5.56 Å². The summed E-state index contributed by atoms with van der Waals surface area (Å²) in [6.45, 7) is 7.48. The Kier molecular flexibility index (Phi) is 7.82. The summed E-state index contributed by atoms with van der Waals surface area (Å²) in [6.07, 6.45) is 4.10. The number of rotatable bonds is 9. The zero-order valence-electron chi connectivity index (χ0n) is 12.2. The molecular weight excluding hydrogens is 258 g/mol. The number of hydrogen-bond donors (Lipinski definition) is 2. The number of aryl methyl sites for hydroxylation is 1. The number of nitrogens with one attached hydrogen (secondary N) is 2. The zero-order valence-corrected chi connectivity index (χ0v) is 13.0. The van der Waals surface area contributed by atoms with Gasteiger partial charge < -0.3 is 10.3 Å². The van der Waals surface area contributed by atoms with Crippen molar-refractivity contribution < 1.29 is 0 Å². The van der Waals surface area contributed by atoms with Crippen molar-refractivity contribution in [1.29, 1.82) is 0 Å². The Balaban J connectivity index is 2.58. The van der Waals surface area contributed by atoms with Gasteiger partial charge in [-0.25, -0.2) is 4.98 Å². The molecule has 1 atom stereocenters. The minimum atomic E-state index is -0.0458. The quantitative estimate of drug-likeness (QED) is 0.540. The molecule has 108 valence electrons. The van der Waals surface area contributed by atoms with Crippen LogP contribution in [0.25, 0.3) is 0 Å². The molecule has 1 aromatic rings. The van der Waals surface area contributed by atoms with Gasteiger partial charge in [0.2, 0.25) is 0 Å². The standard InChI is InChI=1S/C14H25N3OS/c1-4-7-12-9-13(18)17-14(16-12)19-10-11(6-3)15-8-5-2/h9,11,15H,4-8,10H2,1-3H3,(H,16,17,18). The molecule has 5 heteroatoms. The van der Waals surface area contributed by atoms with E-state index in [9.17, 15) is 4.79 Å². The lowest BCUT2D eigenvalue weighted by Crippen LogP contribution is -2.31. The first-order valence-electron chi connectivity index (χ1n) is 7.16. The van der Waals surface area contributed by atoms with Crippen molar-refractivity contribution in [3.63, 3.8) is 0 Å². The van der Waals surface area contributed by atoms with E-state index in [1.165, 1.54) is 0 Å². The molecule has 0 aliphatic rings. The van der Waals surface area contributed by atoms with Gasteiger partial charge in [-0.1, -0.05) is 39.0 Å². The van der Waals surface area contributed by atoms with Crippen molar-refractivity contribution in [2.75, 3.05) is 12.3 Å². The summed E-state index contributed by atoms with van der Waals surface area (Å²) in [5.41, 5.74) is 0.846. The number of hydrogen-bond acceptors (Lipinski definition) is 4. The Morgan fingerprint density at radius 3 is 2.79 bits per heavy atom. The third-order valence-electron chi connectivity index (χ3n) is 2.88. The van der Waals surface area contributed by atoms with Crippen molar-refractivity contribution in [3.05, 3.63) is 22.1 Å². The van der Waals surface area contributed by atoms with Crippen LogP contribution in [0.3, 0.4) is 0 Å². The minimum absolute atomic E-state index is 0.0458. The van der Waals surface area contributed by atoms with E-state index in [0.29, 0.717) is 6.04 Å². The van der Waals surface area contributed by atoms with Gasteiger partial charge >= 0.3 is 0 Å². The molecule has 1 unspecified atom stereocenters. The van der Waals surface area contributed by atoms with Crippen LogP contribution in [-0.4, -0.2) is 28.3 Å². The fourth-order valence-corrected chi connectivity index (χ4v) is 2.85. The summed E-state index contributed by atoms with van der Waals surface area (Å²) >= 11 is 1.63. The lowest BCUT2D eigenvalue weighted by molar-refractivity contribution is 0.539. The maximum atomic E-state index is 11.5. The van der Waals surface area contributed by atoms with E-state index in [1.54, 1.807) is 17.8 Å². The van der Waals surface area contributed by atoms with Crippen LogP contribution < -0.4 is 10.9 Å². The fraction of sp³-hybridized carbons (Fsp3) is 0.714. The Morgan fingerprint density at radius 1 is 1.37 bits per heavy atom. The molecule has 0 aromatic carbocycles. The van der Waals surface area contributed by atoms with Crippen molar-refractivity contribution in [2.45, 2.75) is 57.7 Å². The third-order valence-corrected chi connectivity index (χ3v) is 3.91. The first-order chi connectivity index (χ1) is 9.19. The molecule has 0 spiro atoms. The molecule has 0 bridgehead atoms. The monoisotopic (exact) mass is 283 g/mol. The summed E-state index contributed by atoms with van der Waals surface area (Å²) in [6, 6.07) is 2.07. The van der Waals surface area contributed by atoms with E-state index in [0.717, 1.165) is 48.8 Å². The topological polar surface area (TPSA) is 57.8 Å². The molecule has 0 radical (unpaired) electrons. The number of aromatic nitrogens is 2. The molecular formula is C14H25N3OS. The Bertz CT molecular complexity index is 419. The average Bonchev–Trinajstić information content (AvgIpc) is 2.39. The van der Waals surface area contributed by atoms with E-state index in [2.05, 4.69) is 36.1 Å². The predicted molar refractivity (Wildman–Crippen MR) is 81.9 cm³/mol. The molecule has 1 rings (SSSR count). The van der Waals surface area contributed by atoms with Crippen LogP contribution >= 0.6 is 11.8 Å². The van der Waals surface area contributed by atoms with Gasteiger partial charge in [-0.3, -0.25) is 4.79 Å². The number of nitrogens with zero attached hydrogens (tertiary/aromatic N) is 1. The molecule has 0 aliphatic carbocycles. The van der Waals surface area contributed by atoms with Crippen molar-refractivity contribution in [3.8, 4) is 0 Å². The Labute approximate surface area is 119 Å². The maximum absolute atomic E-state index is 11.5. The summed E-state index contributed by atoms with van der Waals surface area (Å²) in [4.78, 5) is 18.8. The Hall–Kier alpha value is -0.810. The van der Waals surface area contributed by atoms with Crippen LogP contribution in [0.5, 0.6) is 0 Å². The fourth-order valence-electron chi connectivity index (χ4n) is 1.79. The van der Waals surface area contributed by atoms with E-state index in [-0.39, 0.29) is 5.56 Å². The van der Waals surface area contributed by atoms with Crippen LogP contribution in [0.15, 0.2) is 16.0 Å². The van der Waals surface area contributed by atoms with Crippen molar-refractivity contribution in [2.24, 2.45) is 0 Å². The number of thioether (sulfide) groups is 1. The molecule has 0 saturated heterocycles. The normalized spacial score (nSPS) is 12.6. The lowest BCUT2D eigenvalue weighted by Gasteiger charge is -2.15. The van der Waals surface area contributed by atoms with Gasteiger partial charge in [0, 0.05) is 23.6 Å². The summed E-state index contributed by atoms with van der Waals surface area (Å²) < 4.78 is 0. The predicted octanol–water partition coefficient (Wildman–Crippen LogP) is 2.59. The Morgan fingerprint density at radius 2 is 2.16 bits per heavy atom. The summed E-state index contributed by atoms with van der Waals surface area (Å²) in [5.74, 6) is 0.940. The number of H-pyrrole nitrogens is 1. The molecule has 0 aliphatic heterocycles. The molecule has 1 aromatic heterocycles. The molecule has 0 fully saturated rings. The maximum Gasteiger partial charge on any atom is 0.251 e. The third kappa shape index (κ3) is 6.25. The highest BCUT2D eigenvalue weighted by atomic mass is 32.2. The molecule has 1 heterocycles. The van der Waals surface area contributed by atoms with E-state index < -0.39 is 0 Å². The van der Waals surface area contributed by atoms with Crippen LogP contribution in [0.1, 0.15) is 45.7 Å². The van der Waals surface area contributed by atoms with Gasteiger partial charge in [-0.15, -0.1) is 0 Å².